The minimum Gasteiger partial charge on any atom is -0.409 e. The number of amidine groups is 1. The van der Waals surface area contributed by atoms with Crippen molar-refractivity contribution in [2.75, 3.05) is 12.3 Å². The molecule has 0 aliphatic rings. The fraction of sp³-hybridized carbons (Fsp3) is 0.500. The molecular weight excluding hydrogens is 280 g/mol. The largest absolute Gasteiger partial charge is 0.409 e. The first-order valence-corrected chi connectivity index (χ1v) is 7.82. The Morgan fingerprint density at radius 1 is 1.45 bits per heavy atom. The Morgan fingerprint density at radius 2 is 2.05 bits per heavy atom. The molecule has 3 N–H and O–H groups in total. The molecular formula is C12H20N4O3S. The van der Waals surface area contributed by atoms with E-state index < -0.39 is 10.0 Å². The molecule has 7 nitrogen and oxygen atoms in total. The number of sulfonamides is 1. The molecule has 0 saturated heterocycles. The van der Waals surface area contributed by atoms with Gasteiger partial charge in [0, 0.05) is 18.4 Å². The van der Waals surface area contributed by atoms with Crippen LogP contribution in [0.5, 0.6) is 0 Å². The Kier molecular flexibility index (Phi) is 5.90. The van der Waals surface area contributed by atoms with E-state index in [1.165, 1.54) is 4.31 Å². The average Bonchev–Trinajstić information content (AvgIpc) is 2.43. The number of rotatable bonds is 7. The minimum atomic E-state index is -3.48. The average molecular weight is 300 g/mol. The predicted octanol–water partition coefficient (Wildman–Crippen LogP) is 0.411. The van der Waals surface area contributed by atoms with Gasteiger partial charge in [0.05, 0.1) is 12.3 Å². The number of hydrogen-bond acceptors (Lipinski definition) is 5. The summed E-state index contributed by atoms with van der Waals surface area (Å²) < 4.78 is 25.9. The van der Waals surface area contributed by atoms with E-state index in [1.807, 2.05) is 0 Å². The van der Waals surface area contributed by atoms with Crippen LogP contribution in [0.2, 0.25) is 0 Å². The summed E-state index contributed by atoms with van der Waals surface area (Å²) in [6.07, 6.45) is 3.64. The van der Waals surface area contributed by atoms with Gasteiger partial charge in [-0.3, -0.25) is 4.98 Å². The Balaban J connectivity index is 2.78. The molecule has 0 radical (unpaired) electrons. The molecule has 1 aromatic heterocycles. The van der Waals surface area contributed by atoms with Crippen molar-refractivity contribution >= 4 is 15.9 Å². The van der Waals surface area contributed by atoms with E-state index in [0.29, 0.717) is 6.42 Å². The summed E-state index contributed by atoms with van der Waals surface area (Å²) in [6, 6.07) is 3.29. The molecule has 0 aromatic carbocycles. The van der Waals surface area contributed by atoms with E-state index in [9.17, 15) is 8.42 Å². The van der Waals surface area contributed by atoms with Crippen LogP contribution in [0, 0.1) is 0 Å². The van der Waals surface area contributed by atoms with Crippen LogP contribution < -0.4 is 5.73 Å². The zero-order valence-corrected chi connectivity index (χ0v) is 12.4. The minimum absolute atomic E-state index is 0.0338. The van der Waals surface area contributed by atoms with Gasteiger partial charge in [-0.25, -0.2) is 8.42 Å². The summed E-state index contributed by atoms with van der Waals surface area (Å²) in [5.41, 5.74) is 6.30. The number of nitrogens with two attached hydrogens (primary N) is 1. The maximum Gasteiger partial charge on any atom is 0.215 e. The lowest BCUT2D eigenvalue weighted by Gasteiger charge is -2.25. The Hall–Kier alpha value is -1.67. The van der Waals surface area contributed by atoms with E-state index in [-0.39, 0.29) is 24.2 Å². The topological polar surface area (TPSA) is 109 Å². The Labute approximate surface area is 119 Å². The van der Waals surface area contributed by atoms with Crippen LogP contribution in [-0.2, 0) is 16.4 Å². The molecule has 0 saturated carbocycles. The van der Waals surface area contributed by atoms with Gasteiger partial charge in [0.15, 0.2) is 5.84 Å². The SMILES string of the molecule is CC(C)N(CC(N)=NO)S(=O)(=O)CCc1ccncc1. The second kappa shape index (κ2) is 7.20. The Morgan fingerprint density at radius 3 is 2.55 bits per heavy atom. The molecule has 0 amide bonds. The van der Waals surface area contributed by atoms with Gasteiger partial charge in [0.2, 0.25) is 10.0 Å². The molecule has 0 spiro atoms. The lowest BCUT2D eigenvalue weighted by Crippen LogP contribution is -2.44. The summed E-state index contributed by atoms with van der Waals surface area (Å²) in [6.45, 7) is 3.37. The van der Waals surface area contributed by atoms with Gasteiger partial charge < -0.3 is 10.9 Å². The number of pyridine rings is 1. The monoisotopic (exact) mass is 300 g/mol. The molecule has 0 aliphatic heterocycles. The zero-order chi connectivity index (χ0) is 15.2. The summed E-state index contributed by atoms with van der Waals surface area (Å²) in [4.78, 5) is 3.88. The standard InChI is InChI=1S/C12H20N4O3S/c1-10(2)16(9-12(13)15-17)20(18,19)8-5-11-3-6-14-7-4-11/h3-4,6-7,10,17H,5,8-9H2,1-2H3,(H2,13,15). The van der Waals surface area contributed by atoms with Crippen molar-refractivity contribution in [3.8, 4) is 0 Å². The van der Waals surface area contributed by atoms with Gasteiger partial charge in [-0.2, -0.15) is 4.31 Å². The molecule has 1 heterocycles. The first kappa shape index (κ1) is 16.4. The molecule has 112 valence electrons. The number of aromatic nitrogens is 1. The first-order chi connectivity index (χ1) is 9.36. The second-order valence-corrected chi connectivity index (χ2v) is 6.69. The van der Waals surface area contributed by atoms with Crippen molar-refractivity contribution in [3.63, 3.8) is 0 Å². The highest BCUT2D eigenvalue weighted by atomic mass is 32.2. The van der Waals surface area contributed by atoms with Gasteiger partial charge in [0.25, 0.3) is 0 Å². The van der Waals surface area contributed by atoms with Crippen molar-refractivity contribution in [2.45, 2.75) is 26.3 Å². The summed E-state index contributed by atoms with van der Waals surface area (Å²) in [5, 5.41) is 11.4. The highest BCUT2D eigenvalue weighted by Crippen LogP contribution is 2.10. The van der Waals surface area contributed by atoms with Gasteiger partial charge in [-0.1, -0.05) is 5.16 Å². The molecule has 1 aromatic rings. The predicted molar refractivity (Wildman–Crippen MR) is 77.0 cm³/mol. The van der Waals surface area contributed by atoms with Crippen LogP contribution in [0.15, 0.2) is 29.7 Å². The molecule has 0 aliphatic carbocycles. The third-order valence-electron chi connectivity index (χ3n) is 2.78. The van der Waals surface area contributed by atoms with Crippen molar-refractivity contribution in [3.05, 3.63) is 30.1 Å². The maximum absolute atomic E-state index is 12.3. The quantitative estimate of drug-likeness (QED) is 0.328. The van der Waals surface area contributed by atoms with Crippen LogP contribution in [-0.4, -0.2) is 47.1 Å². The molecule has 0 atom stereocenters. The third kappa shape index (κ3) is 4.78. The summed E-state index contributed by atoms with van der Waals surface area (Å²) in [5.74, 6) is -0.167. The van der Waals surface area contributed by atoms with Gasteiger partial charge >= 0.3 is 0 Å². The van der Waals surface area contributed by atoms with Crippen LogP contribution in [0.1, 0.15) is 19.4 Å². The van der Waals surface area contributed by atoms with Crippen LogP contribution in [0.3, 0.4) is 0 Å². The van der Waals surface area contributed by atoms with E-state index in [1.54, 1.807) is 38.4 Å². The first-order valence-electron chi connectivity index (χ1n) is 6.21. The fourth-order valence-electron chi connectivity index (χ4n) is 1.71. The Bertz CT molecular complexity index is 543. The summed E-state index contributed by atoms with van der Waals surface area (Å²) >= 11 is 0. The number of aryl methyl sites for hydroxylation is 1. The lowest BCUT2D eigenvalue weighted by molar-refractivity contribution is 0.312. The molecule has 20 heavy (non-hydrogen) atoms. The fourth-order valence-corrected chi connectivity index (χ4v) is 3.41. The van der Waals surface area contributed by atoms with Crippen molar-refractivity contribution < 1.29 is 13.6 Å². The third-order valence-corrected chi connectivity index (χ3v) is 4.76. The molecule has 8 heteroatoms. The highest BCUT2D eigenvalue weighted by Gasteiger charge is 2.25. The maximum atomic E-state index is 12.3. The van der Waals surface area contributed by atoms with E-state index in [2.05, 4.69) is 10.1 Å². The van der Waals surface area contributed by atoms with Gasteiger partial charge in [-0.05, 0) is 38.0 Å². The summed E-state index contributed by atoms with van der Waals surface area (Å²) in [7, 11) is -3.48. The molecule has 1 rings (SSSR count). The van der Waals surface area contributed by atoms with Crippen LogP contribution in [0.4, 0.5) is 0 Å². The smallest absolute Gasteiger partial charge is 0.215 e. The number of oxime groups is 1. The lowest BCUT2D eigenvalue weighted by atomic mass is 10.2. The van der Waals surface area contributed by atoms with Crippen molar-refractivity contribution in [1.82, 2.24) is 9.29 Å². The van der Waals surface area contributed by atoms with Gasteiger partial charge in [0.1, 0.15) is 0 Å². The van der Waals surface area contributed by atoms with Crippen molar-refractivity contribution in [2.24, 2.45) is 10.9 Å². The van der Waals surface area contributed by atoms with E-state index in [4.69, 9.17) is 10.9 Å². The highest BCUT2D eigenvalue weighted by molar-refractivity contribution is 7.89. The van der Waals surface area contributed by atoms with Crippen molar-refractivity contribution in [1.29, 1.82) is 0 Å². The molecule has 0 unspecified atom stereocenters. The number of nitrogens with zero attached hydrogens (tertiary/aromatic N) is 3. The van der Waals surface area contributed by atoms with Crippen LogP contribution >= 0.6 is 0 Å². The molecule has 0 bridgehead atoms. The normalized spacial score (nSPS) is 13.1. The second-order valence-electron chi connectivity index (χ2n) is 4.65. The van der Waals surface area contributed by atoms with E-state index >= 15 is 0 Å². The van der Waals surface area contributed by atoms with E-state index in [0.717, 1.165) is 5.56 Å². The van der Waals surface area contributed by atoms with Gasteiger partial charge in [-0.15, -0.1) is 0 Å². The molecule has 0 fully saturated rings. The van der Waals surface area contributed by atoms with Crippen LogP contribution in [0.25, 0.3) is 0 Å². The zero-order valence-electron chi connectivity index (χ0n) is 11.6. The number of hydrogen-bond donors (Lipinski definition) is 2.